The smallest absolute Gasteiger partial charge is 0.269 e. The third-order valence-electron chi connectivity index (χ3n) is 3.71. The van der Waals surface area contributed by atoms with Crippen LogP contribution >= 0.6 is 23.1 Å². The summed E-state index contributed by atoms with van der Waals surface area (Å²) in [6, 6.07) is 7.17. The average molecular weight is 389 g/mol. The highest BCUT2D eigenvalue weighted by Gasteiger charge is 2.11. The van der Waals surface area contributed by atoms with Crippen LogP contribution in [-0.2, 0) is 5.75 Å². The van der Waals surface area contributed by atoms with Crippen molar-refractivity contribution in [2.75, 3.05) is 12.3 Å². The van der Waals surface area contributed by atoms with Gasteiger partial charge in [0.2, 0.25) is 0 Å². The molecule has 0 radical (unpaired) electrons. The lowest BCUT2D eigenvalue weighted by atomic mass is 10.2. The molecule has 1 amide bonds. The molecule has 0 atom stereocenters. The topological polar surface area (TPSA) is 87.7 Å². The van der Waals surface area contributed by atoms with Gasteiger partial charge >= 0.3 is 0 Å². The van der Waals surface area contributed by atoms with Gasteiger partial charge in [0.25, 0.3) is 11.5 Å². The lowest BCUT2D eigenvalue weighted by Gasteiger charge is -2.04. The summed E-state index contributed by atoms with van der Waals surface area (Å²) in [4.78, 5) is 37.5. The normalized spacial score (nSPS) is 11.2. The van der Waals surface area contributed by atoms with Crippen LogP contribution in [0.4, 0.5) is 0 Å². The molecule has 0 saturated carbocycles. The summed E-state index contributed by atoms with van der Waals surface area (Å²) in [5.41, 5.74) is 0.324. The predicted octanol–water partition coefficient (Wildman–Crippen LogP) is 3.17. The zero-order chi connectivity index (χ0) is 18.5. The summed E-state index contributed by atoms with van der Waals surface area (Å²) in [7, 11) is 0. The van der Waals surface area contributed by atoms with Gasteiger partial charge in [-0.2, -0.15) is 11.8 Å². The SMILES string of the molecule is CC(C)c1cc2c(=O)[nH]c(CSCCNC(=O)c3ccccn3)nc2s1. The minimum absolute atomic E-state index is 0.0859. The molecule has 3 aromatic heterocycles. The molecule has 8 heteroatoms. The Morgan fingerprint density at radius 1 is 1.38 bits per heavy atom. The first-order valence-electron chi connectivity index (χ1n) is 8.34. The van der Waals surface area contributed by atoms with E-state index in [1.165, 1.54) is 4.88 Å². The van der Waals surface area contributed by atoms with Crippen LogP contribution in [0.5, 0.6) is 0 Å². The molecule has 0 unspecified atom stereocenters. The standard InChI is InChI=1S/C18H20N4O2S2/c1-11(2)14-9-12-16(23)21-15(22-18(12)26-14)10-25-8-7-20-17(24)13-5-3-4-6-19-13/h3-6,9,11H,7-8,10H2,1-2H3,(H,20,24)(H,21,22,23). The molecule has 0 aliphatic carbocycles. The van der Waals surface area contributed by atoms with Crippen molar-refractivity contribution in [3.05, 3.63) is 57.2 Å². The zero-order valence-corrected chi connectivity index (χ0v) is 16.2. The Kier molecular flexibility index (Phi) is 6.05. The first kappa shape index (κ1) is 18.6. The van der Waals surface area contributed by atoms with E-state index in [-0.39, 0.29) is 11.5 Å². The third-order valence-corrected chi connectivity index (χ3v) is 6.01. The molecule has 3 aromatic rings. The van der Waals surface area contributed by atoms with E-state index < -0.39 is 0 Å². The van der Waals surface area contributed by atoms with Crippen LogP contribution in [-0.4, -0.2) is 33.2 Å². The summed E-state index contributed by atoms with van der Waals surface area (Å²) in [5, 5.41) is 3.49. The third kappa shape index (κ3) is 4.50. The number of amides is 1. The number of hydrogen-bond acceptors (Lipinski definition) is 6. The van der Waals surface area contributed by atoms with Crippen molar-refractivity contribution in [3.8, 4) is 0 Å². The number of rotatable bonds is 7. The average Bonchev–Trinajstić information content (AvgIpc) is 3.07. The monoisotopic (exact) mass is 388 g/mol. The van der Waals surface area contributed by atoms with Gasteiger partial charge in [-0.3, -0.25) is 14.6 Å². The fraction of sp³-hybridized carbons (Fsp3) is 0.333. The molecule has 0 spiro atoms. The summed E-state index contributed by atoms with van der Waals surface area (Å²) >= 11 is 3.19. The number of carbonyl (C=O) groups is 1. The van der Waals surface area contributed by atoms with Crippen molar-refractivity contribution in [1.82, 2.24) is 20.3 Å². The Morgan fingerprint density at radius 2 is 2.23 bits per heavy atom. The quantitative estimate of drug-likeness (QED) is 0.607. The van der Waals surface area contributed by atoms with E-state index in [0.29, 0.717) is 35.1 Å². The van der Waals surface area contributed by atoms with Gasteiger partial charge in [-0.15, -0.1) is 11.3 Å². The number of pyridine rings is 1. The lowest BCUT2D eigenvalue weighted by Crippen LogP contribution is -2.26. The number of thioether (sulfide) groups is 1. The number of thiophene rings is 1. The van der Waals surface area contributed by atoms with Gasteiger partial charge in [-0.05, 0) is 24.1 Å². The van der Waals surface area contributed by atoms with E-state index >= 15 is 0 Å². The van der Waals surface area contributed by atoms with E-state index in [4.69, 9.17) is 0 Å². The number of fused-ring (bicyclic) bond motifs is 1. The van der Waals surface area contributed by atoms with Gasteiger partial charge in [0.05, 0.1) is 11.1 Å². The first-order valence-corrected chi connectivity index (χ1v) is 10.3. The molecule has 0 aliphatic heterocycles. The minimum Gasteiger partial charge on any atom is -0.350 e. The van der Waals surface area contributed by atoms with Crippen LogP contribution in [0.2, 0.25) is 0 Å². The highest BCUT2D eigenvalue weighted by molar-refractivity contribution is 7.98. The fourth-order valence-electron chi connectivity index (χ4n) is 2.34. The number of aromatic nitrogens is 3. The minimum atomic E-state index is -0.182. The highest BCUT2D eigenvalue weighted by Crippen LogP contribution is 2.27. The van der Waals surface area contributed by atoms with Gasteiger partial charge in [0, 0.05) is 23.4 Å². The van der Waals surface area contributed by atoms with Crippen LogP contribution in [0.15, 0.2) is 35.3 Å². The van der Waals surface area contributed by atoms with Crippen LogP contribution in [0.3, 0.4) is 0 Å². The van der Waals surface area contributed by atoms with E-state index in [0.717, 1.165) is 10.6 Å². The number of nitrogens with one attached hydrogen (secondary N) is 2. The van der Waals surface area contributed by atoms with E-state index in [2.05, 4.69) is 34.1 Å². The van der Waals surface area contributed by atoms with E-state index in [1.807, 2.05) is 6.07 Å². The maximum Gasteiger partial charge on any atom is 0.269 e. The number of hydrogen-bond donors (Lipinski definition) is 2. The van der Waals surface area contributed by atoms with Crippen molar-refractivity contribution in [3.63, 3.8) is 0 Å². The van der Waals surface area contributed by atoms with Crippen molar-refractivity contribution >= 4 is 39.2 Å². The van der Waals surface area contributed by atoms with E-state index in [1.54, 1.807) is 47.5 Å². The first-order chi connectivity index (χ1) is 12.5. The molecule has 6 nitrogen and oxygen atoms in total. The second-order valence-electron chi connectivity index (χ2n) is 6.06. The summed E-state index contributed by atoms with van der Waals surface area (Å²) in [6.07, 6.45) is 1.59. The van der Waals surface area contributed by atoms with Crippen LogP contribution in [0, 0.1) is 0 Å². The molecule has 0 aromatic carbocycles. The Balaban J connectivity index is 1.52. The van der Waals surface area contributed by atoms with Crippen LogP contribution in [0.25, 0.3) is 10.2 Å². The fourth-order valence-corrected chi connectivity index (χ4v) is 4.11. The maximum atomic E-state index is 12.2. The van der Waals surface area contributed by atoms with Crippen LogP contribution < -0.4 is 10.9 Å². The highest BCUT2D eigenvalue weighted by atomic mass is 32.2. The molecule has 136 valence electrons. The van der Waals surface area contributed by atoms with Gasteiger partial charge in [-0.1, -0.05) is 19.9 Å². The molecule has 3 rings (SSSR count). The summed E-state index contributed by atoms with van der Waals surface area (Å²) < 4.78 is 0. The Labute approximate surface area is 159 Å². The molecular formula is C18H20N4O2S2. The molecule has 0 bridgehead atoms. The molecule has 26 heavy (non-hydrogen) atoms. The number of aromatic amines is 1. The zero-order valence-electron chi connectivity index (χ0n) is 14.6. The Bertz CT molecular complexity index is 951. The van der Waals surface area contributed by atoms with Gasteiger partial charge in [-0.25, -0.2) is 4.98 Å². The number of carbonyl (C=O) groups excluding carboxylic acids is 1. The summed E-state index contributed by atoms with van der Waals surface area (Å²) in [5.74, 6) is 2.19. The molecule has 2 N–H and O–H groups in total. The largest absolute Gasteiger partial charge is 0.350 e. The van der Waals surface area contributed by atoms with Gasteiger partial charge < -0.3 is 10.3 Å². The lowest BCUT2D eigenvalue weighted by molar-refractivity contribution is 0.0951. The van der Waals surface area contributed by atoms with Gasteiger partial charge in [0.1, 0.15) is 16.3 Å². The van der Waals surface area contributed by atoms with Crippen molar-refractivity contribution in [2.45, 2.75) is 25.5 Å². The van der Waals surface area contributed by atoms with Crippen molar-refractivity contribution in [2.24, 2.45) is 0 Å². The van der Waals surface area contributed by atoms with Gasteiger partial charge in [0.15, 0.2) is 0 Å². The van der Waals surface area contributed by atoms with Crippen LogP contribution in [0.1, 0.15) is 41.0 Å². The van der Waals surface area contributed by atoms with E-state index in [9.17, 15) is 9.59 Å². The Morgan fingerprint density at radius 3 is 2.96 bits per heavy atom. The molecule has 3 heterocycles. The predicted molar refractivity (Wildman–Crippen MR) is 107 cm³/mol. The molecule has 0 aliphatic rings. The number of nitrogens with zero attached hydrogens (tertiary/aromatic N) is 2. The Hall–Kier alpha value is -2.19. The second-order valence-corrected chi connectivity index (χ2v) is 8.23. The summed E-state index contributed by atoms with van der Waals surface area (Å²) in [6.45, 7) is 4.74. The molecule has 0 saturated heterocycles. The van der Waals surface area contributed by atoms with Crippen molar-refractivity contribution < 1.29 is 4.79 Å². The number of H-pyrrole nitrogens is 1. The maximum absolute atomic E-state index is 12.2. The second kappa shape index (κ2) is 8.46. The molecule has 0 fully saturated rings. The van der Waals surface area contributed by atoms with Crippen molar-refractivity contribution in [1.29, 1.82) is 0 Å². The molecular weight excluding hydrogens is 368 g/mol.